The van der Waals surface area contributed by atoms with Crippen molar-refractivity contribution in [3.63, 3.8) is 0 Å². The molecule has 1 fully saturated rings. The van der Waals surface area contributed by atoms with Crippen LogP contribution in [0.3, 0.4) is 0 Å². The topological polar surface area (TPSA) is 61.8 Å². The Hall–Kier alpha value is -2.30. The molecule has 0 saturated carbocycles. The van der Waals surface area contributed by atoms with E-state index in [9.17, 15) is 9.59 Å². The fourth-order valence-corrected chi connectivity index (χ4v) is 2.45. The first kappa shape index (κ1) is 17.1. The molecular weight excluding hydrogens is 296 g/mol. The molecule has 1 saturated heterocycles. The number of methoxy groups -OCH3 is 1. The molecule has 1 aliphatic heterocycles. The van der Waals surface area contributed by atoms with Crippen LogP contribution >= 0.6 is 0 Å². The van der Waals surface area contributed by atoms with Gasteiger partial charge in [-0.05, 0) is 37.1 Å². The van der Waals surface area contributed by atoms with E-state index >= 15 is 0 Å². The molecule has 0 N–H and O–H groups in total. The largest absolute Gasteiger partial charge is 0.497 e. The van der Waals surface area contributed by atoms with Crippen LogP contribution in [-0.2, 0) is 25.7 Å². The van der Waals surface area contributed by atoms with Gasteiger partial charge in [-0.3, -0.25) is 4.79 Å². The maximum atomic E-state index is 12.2. The number of ether oxygens (including phenoxy) is 3. The van der Waals surface area contributed by atoms with Crippen LogP contribution in [0, 0.1) is 0 Å². The average Bonchev–Trinajstić information content (AvgIpc) is 2.90. The molecular formula is C18H22O5. The molecule has 0 amide bonds. The maximum Gasteiger partial charge on any atom is 0.334 e. The lowest BCUT2D eigenvalue weighted by atomic mass is 9.98. The quantitative estimate of drug-likeness (QED) is 0.595. The van der Waals surface area contributed by atoms with Crippen LogP contribution in [0.5, 0.6) is 5.75 Å². The van der Waals surface area contributed by atoms with E-state index in [2.05, 4.69) is 0 Å². The van der Waals surface area contributed by atoms with E-state index in [-0.39, 0.29) is 18.5 Å². The Morgan fingerprint density at radius 1 is 1.35 bits per heavy atom. The Morgan fingerprint density at radius 2 is 2.04 bits per heavy atom. The van der Waals surface area contributed by atoms with Crippen molar-refractivity contribution in [3.05, 3.63) is 41.5 Å². The zero-order chi connectivity index (χ0) is 16.9. The Bertz CT molecular complexity index is 602. The van der Waals surface area contributed by atoms with E-state index < -0.39 is 5.60 Å². The first-order valence-electron chi connectivity index (χ1n) is 7.69. The Labute approximate surface area is 136 Å². The lowest BCUT2D eigenvalue weighted by Crippen LogP contribution is -2.23. The summed E-state index contributed by atoms with van der Waals surface area (Å²) in [6.45, 7) is 3.88. The van der Waals surface area contributed by atoms with Gasteiger partial charge in [0.25, 0.3) is 0 Å². The van der Waals surface area contributed by atoms with Gasteiger partial charge in [-0.2, -0.15) is 0 Å². The van der Waals surface area contributed by atoms with E-state index in [4.69, 9.17) is 14.2 Å². The van der Waals surface area contributed by atoms with Crippen molar-refractivity contribution in [2.75, 3.05) is 7.11 Å². The van der Waals surface area contributed by atoms with Crippen molar-refractivity contribution in [1.29, 1.82) is 0 Å². The molecule has 5 heteroatoms. The molecule has 124 valence electrons. The van der Waals surface area contributed by atoms with Crippen LogP contribution in [0.25, 0.3) is 0 Å². The first-order chi connectivity index (χ1) is 11.0. The molecule has 1 aliphatic rings. The van der Waals surface area contributed by atoms with Gasteiger partial charge in [0.15, 0.2) is 0 Å². The monoisotopic (exact) mass is 318 g/mol. The van der Waals surface area contributed by atoms with Gasteiger partial charge in [0.05, 0.1) is 7.11 Å². The normalized spacial score (nSPS) is 21.0. The highest BCUT2D eigenvalue weighted by atomic mass is 16.6. The van der Waals surface area contributed by atoms with Gasteiger partial charge in [-0.15, -0.1) is 0 Å². The van der Waals surface area contributed by atoms with Crippen molar-refractivity contribution in [1.82, 2.24) is 0 Å². The van der Waals surface area contributed by atoms with Gasteiger partial charge >= 0.3 is 11.9 Å². The fourth-order valence-electron chi connectivity index (χ4n) is 2.45. The summed E-state index contributed by atoms with van der Waals surface area (Å²) in [5.41, 5.74) is 0.700. The molecule has 5 nitrogen and oxygen atoms in total. The van der Waals surface area contributed by atoms with Crippen LogP contribution in [-0.4, -0.2) is 24.6 Å². The summed E-state index contributed by atoms with van der Waals surface area (Å²) in [5, 5.41) is 0. The van der Waals surface area contributed by atoms with Crippen LogP contribution in [0.2, 0.25) is 0 Å². The van der Waals surface area contributed by atoms with Gasteiger partial charge in [-0.25, -0.2) is 4.79 Å². The highest BCUT2D eigenvalue weighted by Gasteiger charge is 2.34. The molecule has 2 rings (SSSR count). The first-order valence-corrected chi connectivity index (χ1v) is 7.69. The number of hydrogen-bond donors (Lipinski definition) is 0. The van der Waals surface area contributed by atoms with E-state index in [1.807, 2.05) is 38.1 Å². The summed E-state index contributed by atoms with van der Waals surface area (Å²) >= 11 is 0. The molecule has 23 heavy (non-hydrogen) atoms. The molecule has 0 unspecified atom stereocenters. The summed E-state index contributed by atoms with van der Waals surface area (Å²) in [7, 11) is 1.60. The van der Waals surface area contributed by atoms with Crippen LogP contribution < -0.4 is 4.74 Å². The summed E-state index contributed by atoms with van der Waals surface area (Å²) in [6.07, 6.45) is 3.20. The number of cyclic esters (lactones) is 1. The summed E-state index contributed by atoms with van der Waals surface area (Å²) in [4.78, 5) is 23.5. The van der Waals surface area contributed by atoms with Gasteiger partial charge in [0.1, 0.15) is 18.0 Å². The van der Waals surface area contributed by atoms with Gasteiger partial charge in [0, 0.05) is 18.4 Å². The number of hydrogen-bond acceptors (Lipinski definition) is 5. The number of benzene rings is 1. The third kappa shape index (κ3) is 4.58. The summed E-state index contributed by atoms with van der Waals surface area (Å²) in [5.74, 6) is 0.142. The van der Waals surface area contributed by atoms with Crippen molar-refractivity contribution in [3.8, 4) is 5.75 Å². The van der Waals surface area contributed by atoms with Crippen LogP contribution in [0.4, 0.5) is 0 Å². The van der Waals surface area contributed by atoms with Crippen LogP contribution in [0.1, 0.15) is 38.7 Å². The molecule has 1 aromatic rings. The predicted molar refractivity (Wildman–Crippen MR) is 84.9 cm³/mol. The van der Waals surface area contributed by atoms with Gasteiger partial charge in [0.2, 0.25) is 0 Å². The minimum atomic E-state index is -0.707. The van der Waals surface area contributed by atoms with Gasteiger partial charge in [-0.1, -0.05) is 19.1 Å². The standard InChI is InChI=1S/C18H22O5/c1-4-14(11-18(2)10-9-16(19)23-18)17(20)22-12-13-5-7-15(21-3)8-6-13/h5-8,11H,4,9-10,12H2,1-3H3/b14-11+/t18-/m1/s1. The molecule has 0 aliphatic carbocycles. The minimum absolute atomic E-state index is 0.191. The smallest absolute Gasteiger partial charge is 0.334 e. The summed E-state index contributed by atoms with van der Waals surface area (Å²) in [6, 6.07) is 7.33. The van der Waals surface area contributed by atoms with E-state index in [1.54, 1.807) is 13.2 Å². The fraction of sp³-hybridized carbons (Fsp3) is 0.444. The second kappa shape index (κ2) is 7.31. The lowest BCUT2D eigenvalue weighted by Gasteiger charge is -2.19. The Balaban J connectivity index is 1.98. The second-order valence-corrected chi connectivity index (χ2v) is 5.73. The third-order valence-corrected chi connectivity index (χ3v) is 3.82. The summed E-state index contributed by atoms with van der Waals surface area (Å²) < 4.78 is 15.7. The van der Waals surface area contributed by atoms with E-state index in [0.717, 1.165) is 11.3 Å². The van der Waals surface area contributed by atoms with E-state index in [0.29, 0.717) is 24.8 Å². The number of carbonyl (C=O) groups excluding carboxylic acids is 2. The minimum Gasteiger partial charge on any atom is -0.497 e. The Kier molecular flexibility index (Phi) is 5.42. The molecule has 1 atom stereocenters. The van der Waals surface area contributed by atoms with Crippen molar-refractivity contribution >= 4 is 11.9 Å². The highest BCUT2D eigenvalue weighted by molar-refractivity contribution is 5.88. The second-order valence-electron chi connectivity index (χ2n) is 5.73. The predicted octanol–water partition coefficient (Wildman–Crippen LogP) is 3.17. The SMILES string of the molecule is CC/C(=C\[C@@]1(C)CCC(=O)O1)C(=O)OCc1ccc(OC)cc1. The van der Waals surface area contributed by atoms with Crippen molar-refractivity contribution < 1.29 is 23.8 Å². The highest BCUT2D eigenvalue weighted by Crippen LogP contribution is 2.29. The molecule has 1 aromatic carbocycles. The van der Waals surface area contributed by atoms with Crippen molar-refractivity contribution in [2.45, 2.75) is 45.3 Å². The molecule has 0 radical (unpaired) electrons. The molecule has 0 aromatic heterocycles. The third-order valence-electron chi connectivity index (χ3n) is 3.82. The zero-order valence-electron chi connectivity index (χ0n) is 13.8. The number of rotatable bonds is 6. The average molecular weight is 318 g/mol. The number of esters is 2. The van der Waals surface area contributed by atoms with E-state index in [1.165, 1.54) is 0 Å². The maximum absolute atomic E-state index is 12.2. The molecule has 0 spiro atoms. The van der Waals surface area contributed by atoms with Crippen LogP contribution in [0.15, 0.2) is 35.9 Å². The Morgan fingerprint density at radius 3 is 2.57 bits per heavy atom. The molecule has 0 bridgehead atoms. The zero-order valence-corrected chi connectivity index (χ0v) is 13.8. The number of carbonyl (C=O) groups is 2. The van der Waals surface area contributed by atoms with Gasteiger partial charge < -0.3 is 14.2 Å². The van der Waals surface area contributed by atoms with Crippen molar-refractivity contribution in [2.24, 2.45) is 0 Å². The lowest BCUT2D eigenvalue weighted by molar-refractivity contribution is -0.145. The molecule has 1 heterocycles.